The fraction of sp³-hybridized carbons (Fsp3) is 0.833. The number of methoxy groups -OCH3 is 1. The predicted octanol–water partition coefficient (Wildman–Crippen LogP) is 0.572. The molecule has 0 aromatic carbocycles. The number of carbonyl (C=O) groups is 2. The van der Waals surface area contributed by atoms with Crippen LogP contribution in [0.5, 0.6) is 0 Å². The maximum atomic E-state index is 12.1. The van der Waals surface area contributed by atoms with E-state index in [2.05, 4.69) is 17.0 Å². The minimum atomic E-state index is -0.833. The molecule has 0 aromatic heterocycles. The van der Waals surface area contributed by atoms with E-state index in [1.165, 1.54) is 7.11 Å². The minimum absolute atomic E-state index is 0.248. The largest absolute Gasteiger partial charge is 0.467 e. The Kier molecular flexibility index (Phi) is 4.51. The van der Waals surface area contributed by atoms with Gasteiger partial charge in [-0.25, -0.2) is 4.79 Å². The summed E-state index contributed by atoms with van der Waals surface area (Å²) in [6, 6.07) is -0.648. The van der Waals surface area contributed by atoms with Gasteiger partial charge in [0.25, 0.3) is 0 Å². The Hall–Kier alpha value is -1.10. The van der Waals surface area contributed by atoms with E-state index in [0.29, 0.717) is 18.8 Å². The van der Waals surface area contributed by atoms with Gasteiger partial charge >= 0.3 is 5.97 Å². The second-order valence-electron chi connectivity index (χ2n) is 5.08. The fourth-order valence-electron chi connectivity index (χ4n) is 2.37. The van der Waals surface area contributed by atoms with E-state index in [4.69, 9.17) is 5.73 Å². The van der Waals surface area contributed by atoms with Crippen molar-refractivity contribution in [1.29, 1.82) is 0 Å². The molecular weight excluding hydrogens is 220 g/mol. The lowest BCUT2D eigenvalue weighted by Gasteiger charge is -2.35. The minimum Gasteiger partial charge on any atom is -0.467 e. The molecule has 98 valence electrons. The lowest BCUT2D eigenvalue weighted by atomic mass is 9.76. The summed E-state index contributed by atoms with van der Waals surface area (Å²) >= 11 is 0. The molecule has 0 radical (unpaired) electrons. The van der Waals surface area contributed by atoms with Crippen LogP contribution in [0.1, 0.15) is 39.5 Å². The highest BCUT2D eigenvalue weighted by atomic mass is 16.5. The zero-order valence-corrected chi connectivity index (χ0v) is 10.8. The predicted molar refractivity (Wildman–Crippen MR) is 64.2 cm³/mol. The van der Waals surface area contributed by atoms with Crippen LogP contribution < -0.4 is 11.1 Å². The summed E-state index contributed by atoms with van der Waals surface area (Å²) in [4.78, 5) is 23.3. The average Bonchev–Trinajstić information content (AvgIpc) is 2.27. The molecule has 0 spiro atoms. The van der Waals surface area contributed by atoms with Crippen molar-refractivity contribution < 1.29 is 14.3 Å². The molecule has 17 heavy (non-hydrogen) atoms. The molecule has 0 saturated heterocycles. The van der Waals surface area contributed by atoms with Gasteiger partial charge in [0.2, 0.25) is 5.91 Å². The molecule has 1 aliphatic carbocycles. The van der Waals surface area contributed by atoms with Gasteiger partial charge in [0.15, 0.2) is 0 Å². The second kappa shape index (κ2) is 5.49. The first-order valence-corrected chi connectivity index (χ1v) is 6.06. The van der Waals surface area contributed by atoms with E-state index in [0.717, 1.165) is 12.8 Å². The maximum Gasteiger partial charge on any atom is 0.328 e. The highest BCUT2D eigenvalue weighted by Gasteiger charge is 2.38. The van der Waals surface area contributed by atoms with E-state index >= 15 is 0 Å². The van der Waals surface area contributed by atoms with Crippen LogP contribution in [0.2, 0.25) is 0 Å². The van der Waals surface area contributed by atoms with E-state index in [9.17, 15) is 9.59 Å². The lowest BCUT2D eigenvalue weighted by molar-refractivity contribution is -0.145. The highest BCUT2D eigenvalue weighted by molar-refractivity contribution is 5.90. The molecule has 3 N–H and O–H groups in total. The molecule has 1 rings (SSSR count). The topological polar surface area (TPSA) is 81.4 Å². The molecule has 3 atom stereocenters. The number of rotatable bonds is 3. The summed E-state index contributed by atoms with van der Waals surface area (Å²) in [7, 11) is 1.30. The first kappa shape index (κ1) is 14.0. The molecule has 1 aliphatic rings. The quantitative estimate of drug-likeness (QED) is 0.709. The average molecular weight is 242 g/mol. The number of esters is 1. The molecule has 0 aliphatic heterocycles. The SMILES string of the molecule is COC(=O)C(C)NC(=O)C1(N)CCCC(C)C1. The van der Waals surface area contributed by atoms with Crippen molar-refractivity contribution in [1.82, 2.24) is 5.32 Å². The summed E-state index contributed by atoms with van der Waals surface area (Å²) < 4.78 is 4.56. The van der Waals surface area contributed by atoms with Crippen molar-refractivity contribution in [2.24, 2.45) is 11.7 Å². The Morgan fingerprint density at radius 2 is 2.18 bits per heavy atom. The first-order valence-electron chi connectivity index (χ1n) is 6.06. The molecule has 5 heteroatoms. The number of nitrogens with one attached hydrogen (secondary N) is 1. The maximum absolute atomic E-state index is 12.1. The summed E-state index contributed by atoms with van der Waals surface area (Å²) in [5, 5.41) is 2.62. The molecule has 0 aromatic rings. The smallest absolute Gasteiger partial charge is 0.328 e. The van der Waals surface area contributed by atoms with Gasteiger partial charge in [-0.15, -0.1) is 0 Å². The molecule has 1 saturated carbocycles. The van der Waals surface area contributed by atoms with Gasteiger partial charge in [0.1, 0.15) is 6.04 Å². The number of hydrogen-bond donors (Lipinski definition) is 2. The third kappa shape index (κ3) is 3.43. The zero-order chi connectivity index (χ0) is 13.1. The van der Waals surface area contributed by atoms with Crippen LogP contribution in [0.3, 0.4) is 0 Å². The van der Waals surface area contributed by atoms with Gasteiger partial charge in [0, 0.05) is 0 Å². The fourth-order valence-corrected chi connectivity index (χ4v) is 2.37. The molecular formula is C12H22N2O3. The van der Waals surface area contributed by atoms with E-state index in [1.54, 1.807) is 6.92 Å². The number of amides is 1. The number of carbonyl (C=O) groups excluding carboxylic acids is 2. The van der Waals surface area contributed by atoms with Crippen molar-refractivity contribution in [2.45, 2.75) is 51.1 Å². The standard InChI is InChI=1S/C12H22N2O3/c1-8-5-4-6-12(13,7-8)11(16)14-9(2)10(15)17-3/h8-9H,4-7,13H2,1-3H3,(H,14,16). The Balaban J connectivity index is 2.59. The Morgan fingerprint density at radius 1 is 1.53 bits per heavy atom. The monoisotopic (exact) mass is 242 g/mol. The van der Waals surface area contributed by atoms with Crippen LogP contribution in [0.4, 0.5) is 0 Å². The van der Waals surface area contributed by atoms with Crippen molar-refractivity contribution in [3.63, 3.8) is 0 Å². The number of nitrogens with two attached hydrogens (primary N) is 1. The van der Waals surface area contributed by atoms with Crippen LogP contribution >= 0.6 is 0 Å². The van der Waals surface area contributed by atoms with Crippen LogP contribution in [0.15, 0.2) is 0 Å². The Morgan fingerprint density at radius 3 is 2.71 bits per heavy atom. The van der Waals surface area contributed by atoms with Crippen LogP contribution in [0, 0.1) is 5.92 Å². The third-order valence-electron chi connectivity index (χ3n) is 3.39. The molecule has 1 amide bonds. The van der Waals surface area contributed by atoms with Crippen LogP contribution in [-0.2, 0) is 14.3 Å². The molecule has 1 fully saturated rings. The normalized spacial score (nSPS) is 30.5. The Labute approximate surface area is 102 Å². The van der Waals surface area contributed by atoms with Crippen LogP contribution in [0.25, 0.3) is 0 Å². The number of hydrogen-bond acceptors (Lipinski definition) is 4. The van der Waals surface area contributed by atoms with Crippen molar-refractivity contribution in [2.75, 3.05) is 7.11 Å². The molecule has 5 nitrogen and oxygen atoms in total. The summed E-state index contributed by atoms with van der Waals surface area (Å²) in [6.45, 7) is 3.69. The van der Waals surface area contributed by atoms with Gasteiger partial charge in [-0.1, -0.05) is 19.8 Å². The third-order valence-corrected chi connectivity index (χ3v) is 3.39. The summed E-state index contributed by atoms with van der Waals surface area (Å²) in [6.07, 6.45) is 3.42. The lowest BCUT2D eigenvalue weighted by Crippen LogP contribution is -2.58. The summed E-state index contributed by atoms with van der Waals surface area (Å²) in [5.74, 6) is -0.249. The zero-order valence-electron chi connectivity index (χ0n) is 10.8. The van der Waals surface area contributed by atoms with E-state index in [1.807, 2.05) is 0 Å². The Bertz CT molecular complexity index is 306. The van der Waals surface area contributed by atoms with Gasteiger partial charge in [0.05, 0.1) is 12.6 Å². The van der Waals surface area contributed by atoms with Gasteiger partial charge in [-0.3, -0.25) is 4.79 Å². The first-order chi connectivity index (χ1) is 7.89. The molecule has 3 unspecified atom stereocenters. The number of ether oxygens (including phenoxy) is 1. The van der Waals surface area contributed by atoms with Gasteiger partial charge in [-0.05, 0) is 25.7 Å². The van der Waals surface area contributed by atoms with E-state index < -0.39 is 17.6 Å². The van der Waals surface area contributed by atoms with Gasteiger partial charge < -0.3 is 15.8 Å². The van der Waals surface area contributed by atoms with Crippen molar-refractivity contribution in [3.8, 4) is 0 Å². The second-order valence-corrected chi connectivity index (χ2v) is 5.08. The van der Waals surface area contributed by atoms with Crippen molar-refractivity contribution >= 4 is 11.9 Å². The van der Waals surface area contributed by atoms with Crippen LogP contribution in [-0.4, -0.2) is 30.6 Å². The highest BCUT2D eigenvalue weighted by Crippen LogP contribution is 2.30. The summed E-state index contributed by atoms with van der Waals surface area (Å²) in [5.41, 5.74) is 5.29. The van der Waals surface area contributed by atoms with E-state index in [-0.39, 0.29) is 5.91 Å². The molecule has 0 heterocycles. The molecule has 0 bridgehead atoms. The van der Waals surface area contributed by atoms with Gasteiger partial charge in [-0.2, -0.15) is 0 Å². The van der Waals surface area contributed by atoms with Crippen molar-refractivity contribution in [3.05, 3.63) is 0 Å².